The van der Waals surface area contributed by atoms with Crippen LogP contribution in [-0.2, 0) is 14.6 Å². The molecule has 41 heavy (non-hydrogen) atoms. The van der Waals surface area contributed by atoms with Gasteiger partial charge in [-0.25, -0.2) is 13.1 Å². The number of amides is 1. The van der Waals surface area contributed by atoms with Gasteiger partial charge in [-0.3, -0.25) is 4.79 Å². The second-order valence-electron chi connectivity index (χ2n) is 15.1. The maximum atomic E-state index is 13.1. The van der Waals surface area contributed by atoms with Crippen molar-refractivity contribution in [3.05, 3.63) is 11.8 Å². The minimum atomic E-state index is -3.05. The summed E-state index contributed by atoms with van der Waals surface area (Å²) in [4.78, 5) is 13.1. The Morgan fingerprint density at radius 1 is 1.12 bits per heavy atom. The molecule has 11 atom stereocenters. The molecule has 1 saturated heterocycles. The third-order valence-electron chi connectivity index (χ3n) is 13.0. The number of rotatable bonds is 6. The second-order valence-corrected chi connectivity index (χ2v) is 17.4. The van der Waals surface area contributed by atoms with Gasteiger partial charge >= 0.3 is 0 Å². The van der Waals surface area contributed by atoms with E-state index in [0.717, 1.165) is 44.2 Å². The maximum absolute atomic E-state index is 13.1. The Hall–Kier alpha value is -1.45. The van der Waals surface area contributed by atoms with Gasteiger partial charge in [-0.05, 0) is 117 Å². The number of aliphatic hydroxyl groups is 2. The Kier molecular flexibility index (Phi) is 7.67. The summed E-state index contributed by atoms with van der Waals surface area (Å²) in [6.45, 7) is 8.94. The number of hydrogen-bond acceptors (Lipinski definition) is 6. The lowest BCUT2D eigenvalue weighted by molar-refractivity contribution is -0.174. The van der Waals surface area contributed by atoms with Gasteiger partial charge in [0, 0.05) is 12.5 Å². The van der Waals surface area contributed by atoms with Crippen LogP contribution in [0.15, 0.2) is 6.07 Å². The Labute approximate surface area is 246 Å². The Morgan fingerprint density at radius 3 is 2.63 bits per heavy atom. The van der Waals surface area contributed by atoms with Crippen LogP contribution in [0.5, 0.6) is 0 Å². The molecule has 1 aromatic heterocycles. The molecule has 9 heteroatoms. The van der Waals surface area contributed by atoms with Crippen molar-refractivity contribution in [2.24, 2.45) is 46.3 Å². The van der Waals surface area contributed by atoms with E-state index in [9.17, 15) is 23.4 Å². The van der Waals surface area contributed by atoms with Crippen LogP contribution in [0.3, 0.4) is 0 Å². The lowest BCUT2D eigenvalue weighted by Gasteiger charge is -2.62. The first-order valence-electron chi connectivity index (χ1n) is 16.2. The monoisotopic (exact) mass is 589 g/mol. The van der Waals surface area contributed by atoms with Crippen molar-refractivity contribution in [3.8, 4) is 0 Å². The zero-order valence-corrected chi connectivity index (χ0v) is 26.2. The minimum Gasteiger partial charge on any atom is -0.393 e. The highest BCUT2D eigenvalue weighted by atomic mass is 32.2. The number of anilines is 1. The molecule has 0 bridgehead atoms. The molecular formula is C32H51N3O5S. The van der Waals surface area contributed by atoms with Crippen molar-refractivity contribution in [1.29, 1.82) is 0 Å². The molecule has 1 amide bonds. The molecule has 230 valence electrons. The number of carbonyl (C=O) groups is 1. The van der Waals surface area contributed by atoms with Gasteiger partial charge in [-0.15, -0.1) is 0 Å². The first kappa shape index (κ1) is 29.6. The quantitative estimate of drug-likeness (QED) is 0.434. The van der Waals surface area contributed by atoms with Crippen molar-refractivity contribution in [3.63, 3.8) is 0 Å². The third kappa shape index (κ3) is 5.09. The minimum absolute atomic E-state index is 0.0615. The molecule has 4 saturated carbocycles. The van der Waals surface area contributed by atoms with Gasteiger partial charge in [0.05, 0.1) is 35.4 Å². The molecule has 4 aliphatic carbocycles. The van der Waals surface area contributed by atoms with E-state index in [-0.39, 0.29) is 46.5 Å². The number of aliphatic hydroxyl groups excluding tert-OH is 2. The fourth-order valence-corrected chi connectivity index (χ4v) is 12.5. The zero-order chi connectivity index (χ0) is 29.3. The lowest BCUT2D eigenvalue weighted by atomic mass is 9.43. The van der Waals surface area contributed by atoms with Gasteiger partial charge in [0.1, 0.15) is 5.82 Å². The fraction of sp³-hybridized carbons (Fsp3) is 0.875. The summed E-state index contributed by atoms with van der Waals surface area (Å²) in [6.07, 6.45) is 9.73. The average molecular weight is 590 g/mol. The average Bonchev–Trinajstić information content (AvgIpc) is 3.58. The maximum Gasteiger partial charge on any atom is 0.225 e. The molecule has 3 N–H and O–H groups in total. The van der Waals surface area contributed by atoms with E-state index in [1.54, 1.807) is 4.68 Å². The summed E-state index contributed by atoms with van der Waals surface area (Å²) >= 11 is 0. The number of carbonyl (C=O) groups excluding carboxylic acids is 1. The van der Waals surface area contributed by atoms with Crippen molar-refractivity contribution in [2.75, 3.05) is 16.8 Å². The molecule has 0 radical (unpaired) electrons. The van der Waals surface area contributed by atoms with E-state index >= 15 is 0 Å². The largest absolute Gasteiger partial charge is 0.393 e. The van der Waals surface area contributed by atoms with Gasteiger partial charge in [-0.1, -0.05) is 20.8 Å². The van der Waals surface area contributed by atoms with Crippen LogP contribution >= 0.6 is 0 Å². The normalized spacial score (nSPS) is 44.0. The fourth-order valence-electron chi connectivity index (χ4n) is 10.8. The molecule has 2 heterocycles. The highest BCUT2D eigenvalue weighted by molar-refractivity contribution is 7.91. The topological polar surface area (TPSA) is 122 Å². The lowest BCUT2D eigenvalue weighted by Crippen LogP contribution is -2.58. The second kappa shape index (κ2) is 10.6. The summed E-state index contributed by atoms with van der Waals surface area (Å²) in [5, 5.41) is 29.7. The Balaban J connectivity index is 1.10. The van der Waals surface area contributed by atoms with Gasteiger partial charge in [0.15, 0.2) is 9.84 Å². The molecule has 1 aromatic rings. The molecule has 8 nitrogen and oxygen atoms in total. The smallest absolute Gasteiger partial charge is 0.225 e. The summed E-state index contributed by atoms with van der Waals surface area (Å²) in [5.74, 6) is 3.79. The SMILES string of the molecule is Cc1cc(NC(=O)CCC(C)C2CCC3C4CCC5CC(O)CCC5(C)C4CC(O)C23C)n(C2CCS(=O)(=O)C2)n1. The molecule has 0 spiro atoms. The number of nitrogens with zero attached hydrogens (tertiary/aromatic N) is 2. The van der Waals surface area contributed by atoms with Crippen LogP contribution in [0.25, 0.3) is 0 Å². The first-order chi connectivity index (χ1) is 19.3. The number of aryl methyl sites for hydroxylation is 1. The molecule has 5 aliphatic rings. The highest BCUT2D eigenvalue weighted by Crippen LogP contribution is 2.68. The Morgan fingerprint density at radius 2 is 1.90 bits per heavy atom. The summed E-state index contributed by atoms with van der Waals surface area (Å²) in [7, 11) is -3.05. The number of sulfone groups is 1. The molecule has 6 rings (SSSR count). The van der Waals surface area contributed by atoms with Crippen LogP contribution in [0.2, 0.25) is 0 Å². The van der Waals surface area contributed by atoms with Crippen LogP contribution in [0.4, 0.5) is 5.82 Å². The van der Waals surface area contributed by atoms with E-state index in [2.05, 4.69) is 31.2 Å². The van der Waals surface area contributed by atoms with Gasteiger partial charge in [-0.2, -0.15) is 5.10 Å². The first-order valence-corrected chi connectivity index (χ1v) is 18.1. The standard InChI is InChI=1S/C32H51N3O5S/c1-19(5-10-30(38)33-29-15-20(2)34-35(29)22-12-14-41(39,40)18-22)25-8-9-26-24-7-6-21-16-23(36)11-13-31(21,3)27(24)17-28(37)32(25,26)4/h15,19,21-28,36-37H,5-14,16-18H2,1-4H3,(H,33,38). The van der Waals surface area contributed by atoms with Crippen LogP contribution in [0, 0.1) is 53.3 Å². The van der Waals surface area contributed by atoms with E-state index in [1.165, 1.54) is 19.3 Å². The Bertz CT molecular complexity index is 1260. The van der Waals surface area contributed by atoms with Crippen LogP contribution in [-0.4, -0.2) is 58.0 Å². The number of nitrogens with one attached hydrogen (secondary N) is 1. The third-order valence-corrected chi connectivity index (χ3v) is 14.8. The van der Waals surface area contributed by atoms with E-state index < -0.39 is 9.84 Å². The molecule has 5 fully saturated rings. The summed E-state index contributed by atoms with van der Waals surface area (Å²) < 4.78 is 25.7. The molecule has 1 aliphatic heterocycles. The van der Waals surface area contributed by atoms with Gasteiger partial charge in [0.2, 0.25) is 5.91 Å². The van der Waals surface area contributed by atoms with E-state index in [0.29, 0.717) is 54.2 Å². The number of aromatic nitrogens is 2. The van der Waals surface area contributed by atoms with Gasteiger partial charge < -0.3 is 15.5 Å². The van der Waals surface area contributed by atoms with Crippen LogP contribution < -0.4 is 5.32 Å². The molecule has 11 unspecified atom stereocenters. The van der Waals surface area contributed by atoms with Crippen molar-refractivity contribution >= 4 is 21.6 Å². The highest BCUT2D eigenvalue weighted by Gasteiger charge is 2.63. The number of fused-ring (bicyclic) bond motifs is 5. The predicted octanol–water partition coefficient (Wildman–Crippen LogP) is 4.90. The summed E-state index contributed by atoms with van der Waals surface area (Å²) in [5.41, 5.74) is 0.887. The predicted molar refractivity (Wildman–Crippen MR) is 159 cm³/mol. The van der Waals surface area contributed by atoms with E-state index in [4.69, 9.17) is 0 Å². The zero-order valence-electron chi connectivity index (χ0n) is 25.4. The molecular weight excluding hydrogens is 538 g/mol. The van der Waals surface area contributed by atoms with E-state index in [1.807, 2.05) is 13.0 Å². The van der Waals surface area contributed by atoms with Crippen molar-refractivity contribution in [1.82, 2.24) is 9.78 Å². The molecule has 0 aromatic carbocycles. The van der Waals surface area contributed by atoms with Gasteiger partial charge in [0.25, 0.3) is 0 Å². The van der Waals surface area contributed by atoms with Crippen molar-refractivity contribution < 1.29 is 23.4 Å². The number of hydrogen-bond donors (Lipinski definition) is 3. The van der Waals surface area contributed by atoms with Crippen molar-refractivity contribution in [2.45, 2.75) is 117 Å². The summed E-state index contributed by atoms with van der Waals surface area (Å²) in [6, 6.07) is 1.59. The van der Waals surface area contributed by atoms with Crippen LogP contribution in [0.1, 0.15) is 103 Å².